The molecule has 0 amide bonds. The van der Waals surface area contributed by atoms with Crippen LogP contribution in [0.3, 0.4) is 0 Å². The summed E-state index contributed by atoms with van der Waals surface area (Å²) in [5, 5.41) is 3.83. The molecule has 0 aliphatic carbocycles. The van der Waals surface area contributed by atoms with Crippen LogP contribution in [0.25, 0.3) is 0 Å². The van der Waals surface area contributed by atoms with Crippen molar-refractivity contribution in [3.63, 3.8) is 0 Å². The molecule has 3 N–H and O–H groups in total. The number of allylic oxidation sites excluding steroid dienone is 2. The Bertz CT molecular complexity index is 831. The smallest absolute Gasteiger partial charge is 0.232 e. The number of aromatic nitrogens is 5. The van der Waals surface area contributed by atoms with Gasteiger partial charge in [0, 0.05) is 11.4 Å². The van der Waals surface area contributed by atoms with Crippen LogP contribution in [0.4, 0.5) is 11.9 Å². The molecular formula is C18H25N7OS. The molecule has 0 aromatic carbocycles. The van der Waals surface area contributed by atoms with Gasteiger partial charge >= 0.3 is 0 Å². The van der Waals surface area contributed by atoms with Crippen LogP contribution in [0, 0.1) is 13.8 Å². The van der Waals surface area contributed by atoms with E-state index >= 15 is 0 Å². The van der Waals surface area contributed by atoms with E-state index in [4.69, 9.17) is 10.5 Å². The molecule has 0 saturated carbocycles. The second-order valence-electron chi connectivity index (χ2n) is 5.66. The van der Waals surface area contributed by atoms with Gasteiger partial charge in [0.25, 0.3) is 0 Å². The highest BCUT2D eigenvalue weighted by molar-refractivity contribution is 7.98. The lowest BCUT2D eigenvalue weighted by atomic mass is 10.3. The van der Waals surface area contributed by atoms with Crippen molar-refractivity contribution >= 4 is 23.7 Å². The van der Waals surface area contributed by atoms with Crippen LogP contribution in [0.1, 0.15) is 37.5 Å². The minimum Gasteiger partial charge on any atom is -0.495 e. The third-order valence-electron chi connectivity index (χ3n) is 3.40. The lowest BCUT2D eigenvalue weighted by molar-refractivity contribution is 0.299. The van der Waals surface area contributed by atoms with Gasteiger partial charge in [-0.15, -0.1) is 0 Å². The Labute approximate surface area is 163 Å². The number of aryl methyl sites for hydroxylation is 2. The molecule has 0 fully saturated rings. The second kappa shape index (κ2) is 9.86. The standard InChI is InChI=1S/C18H25N7OS/c1-6-8-14(26-5)13(7-2)22-17-24-15(23-16(19)25-17)10-27-18-20-11(3)9-12(4)21-18/h7-9H,6,10H2,1-5H3,(H3,19,22,23,24,25)/b13-7+,14-8+. The monoisotopic (exact) mass is 387 g/mol. The zero-order valence-electron chi connectivity index (χ0n) is 16.3. The maximum Gasteiger partial charge on any atom is 0.232 e. The quantitative estimate of drug-likeness (QED) is 0.304. The first-order valence-electron chi connectivity index (χ1n) is 8.58. The van der Waals surface area contributed by atoms with Gasteiger partial charge in [0.1, 0.15) is 11.6 Å². The van der Waals surface area contributed by atoms with Gasteiger partial charge in [-0.05, 0) is 39.3 Å². The van der Waals surface area contributed by atoms with Crippen molar-refractivity contribution in [2.75, 3.05) is 18.2 Å². The molecule has 2 aromatic rings. The average Bonchev–Trinajstić information content (AvgIpc) is 2.61. The SMILES string of the molecule is C/C=C(Nc1nc(N)nc(CSc2nc(C)cc(C)n2)n1)\C(=C/CC)OC. The number of nitrogens with zero attached hydrogens (tertiary/aromatic N) is 5. The minimum absolute atomic E-state index is 0.151. The number of nitrogens with two attached hydrogens (primary N) is 1. The Kier molecular flexibility index (Phi) is 7.54. The largest absolute Gasteiger partial charge is 0.495 e. The first-order chi connectivity index (χ1) is 12.9. The molecule has 2 aromatic heterocycles. The Morgan fingerprint density at radius 3 is 2.48 bits per heavy atom. The number of nitrogen functional groups attached to an aromatic ring is 1. The average molecular weight is 388 g/mol. The van der Waals surface area contributed by atoms with Gasteiger partial charge < -0.3 is 15.8 Å². The van der Waals surface area contributed by atoms with Crippen LogP contribution in [0.5, 0.6) is 0 Å². The Morgan fingerprint density at radius 2 is 1.89 bits per heavy atom. The fraction of sp³-hybridized carbons (Fsp3) is 0.389. The molecule has 2 heterocycles. The number of hydrogen-bond donors (Lipinski definition) is 2. The van der Waals surface area contributed by atoms with Crippen LogP contribution in [-0.2, 0) is 10.5 Å². The predicted molar refractivity (Wildman–Crippen MR) is 108 cm³/mol. The fourth-order valence-corrected chi connectivity index (χ4v) is 3.14. The van der Waals surface area contributed by atoms with Gasteiger partial charge in [-0.25, -0.2) is 9.97 Å². The zero-order valence-corrected chi connectivity index (χ0v) is 17.1. The van der Waals surface area contributed by atoms with E-state index in [-0.39, 0.29) is 5.95 Å². The zero-order chi connectivity index (χ0) is 19.8. The lowest BCUT2D eigenvalue weighted by Gasteiger charge is -2.13. The summed E-state index contributed by atoms with van der Waals surface area (Å²) in [5.41, 5.74) is 8.47. The molecule has 9 heteroatoms. The minimum atomic E-state index is 0.151. The predicted octanol–water partition coefficient (Wildman–Crippen LogP) is 3.41. The maximum atomic E-state index is 5.85. The Hall–Kier alpha value is -2.68. The van der Waals surface area contributed by atoms with Crippen molar-refractivity contribution in [2.45, 2.75) is 45.0 Å². The number of hydrogen-bond acceptors (Lipinski definition) is 9. The van der Waals surface area contributed by atoms with E-state index in [0.29, 0.717) is 22.7 Å². The van der Waals surface area contributed by atoms with Crippen molar-refractivity contribution in [3.05, 3.63) is 46.9 Å². The third kappa shape index (κ3) is 6.21. The molecule has 0 atom stereocenters. The van der Waals surface area contributed by atoms with E-state index in [2.05, 4.69) is 30.2 Å². The van der Waals surface area contributed by atoms with Crippen LogP contribution in [0.15, 0.2) is 34.8 Å². The molecule has 8 nitrogen and oxygen atoms in total. The number of anilines is 2. The Morgan fingerprint density at radius 1 is 1.19 bits per heavy atom. The van der Waals surface area contributed by atoms with E-state index in [9.17, 15) is 0 Å². The number of nitrogens with one attached hydrogen (secondary N) is 1. The summed E-state index contributed by atoms with van der Waals surface area (Å²) < 4.78 is 5.41. The van der Waals surface area contributed by atoms with Crippen molar-refractivity contribution in [3.8, 4) is 0 Å². The lowest BCUT2D eigenvalue weighted by Crippen LogP contribution is -2.11. The molecule has 0 unspecified atom stereocenters. The highest BCUT2D eigenvalue weighted by Crippen LogP contribution is 2.20. The summed E-state index contributed by atoms with van der Waals surface area (Å²) in [6.45, 7) is 7.83. The van der Waals surface area contributed by atoms with Crippen LogP contribution < -0.4 is 11.1 Å². The van der Waals surface area contributed by atoms with E-state index < -0.39 is 0 Å². The van der Waals surface area contributed by atoms with Gasteiger partial charge in [0.2, 0.25) is 11.9 Å². The highest BCUT2D eigenvalue weighted by Gasteiger charge is 2.11. The van der Waals surface area contributed by atoms with Crippen molar-refractivity contribution in [2.24, 2.45) is 0 Å². The number of rotatable bonds is 8. The van der Waals surface area contributed by atoms with Gasteiger partial charge in [0.15, 0.2) is 5.16 Å². The molecule has 0 radical (unpaired) electrons. The van der Waals surface area contributed by atoms with Crippen molar-refractivity contribution in [1.82, 2.24) is 24.9 Å². The van der Waals surface area contributed by atoms with Gasteiger partial charge in [-0.1, -0.05) is 24.8 Å². The van der Waals surface area contributed by atoms with Crippen LogP contribution in [-0.4, -0.2) is 32.0 Å². The van der Waals surface area contributed by atoms with E-state index in [1.807, 2.05) is 45.9 Å². The summed E-state index contributed by atoms with van der Waals surface area (Å²) in [7, 11) is 1.63. The molecule has 0 aliphatic heterocycles. The van der Waals surface area contributed by atoms with E-state index in [1.54, 1.807) is 7.11 Å². The fourth-order valence-electron chi connectivity index (χ4n) is 2.33. The summed E-state index contributed by atoms with van der Waals surface area (Å²) in [5.74, 6) is 2.27. The maximum absolute atomic E-state index is 5.85. The molecular weight excluding hydrogens is 362 g/mol. The molecule has 0 aliphatic rings. The topological polar surface area (TPSA) is 112 Å². The second-order valence-corrected chi connectivity index (χ2v) is 6.61. The van der Waals surface area contributed by atoms with Gasteiger partial charge in [0.05, 0.1) is 18.6 Å². The first-order valence-corrected chi connectivity index (χ1v) is 9.57. The normalized spacial score (nSPS) is 12.2. The summed E-state index contributed by atoms with van der Waals surface area (Å²) in [6, 6.07) is 1.93. The van der Waals surface area contributed by atoms with Gasteiger partial charge in [-0.2, -0.15) is 15.0 Å². The summed E-state index contributed by atoms with van der Waals surface area (Å²) >= 11 is 1.45. The van der Waals surface area contributed by atoms with Crippen molar-refractivity contribution < 1.29 is 4.74 Å². The molecule has 0 spiro atoms. The molecule has 27 heavy (non-hydrogen) atoms. The van der Waals surface area contributed by atoms with E-state index in [0.717, 1.165) is 29.3 Å². The first kappa shape index (κ1) is 20.6. The number of thioether (sulfide) groups is 1. The summed E-state index contributed by atoms with van der Waals surface area (Å²) in [6.07, 6.45) is 4.71. The van der Waals surface area contributed by atoms with E-state index in [1.165, 1.54) is 11.8 Å². The molecule has 0 bridgehead atoms. The van der Waals surface area contributed by atoms with Crippen LogP contribution in [0.2, 0.25) is 0 Å². The van der Waals surface area contributed by atoms with Crippen molar-refractivity contribution in [1.29, 1.82) is 0 Å². The Balaban J connectivity index is 2.16. The molecule has 0 saturated heterocycles. The highest BCUT2D eigenvalue weighted by atomic mass is 32.2. The van der Waals surface area contributed by atoms with Gasteiger partial charge in [-0.3, -0.25) is 0 Å². The molecule has 144 valence electrons. The van der Waals surface area contributed by atoms with Crippen LogP contribution >= 0.6 is 11.8 Å². The number of ether oxygens (including phenoxy) is 1. The summed E-state index contributed by atoms with van der Waals surface area (Å²) in [4.78, 5) is 21.6. The number of methoxy groups -OCH3 is 1. The third-order valence-corrected chi connectivity index (χ3v) is 4.24. The molecule has 2 rings (SSSR count).